The summed E-state index contributed by atoms with van der Waals surface area (Å²) >= 11 is 0. The Balaban J connectivity index is 1.24. The highest BCUT2D eigenvalue weighted by Gasteiger charge is 2.24. The first-order valence-electron chi connectivity index (χ1n) is 17.4. The van der Waals surface area contributed by atoms with Crippen LogP contribution in [0.1, 0.15) is 62.1 Å². The molecule has 3 aromatic carbocycles. The molecule has 0 radical (unpaired) electrons. The number of nitrogens with zero attached hydrogens (tertiary/aromatic N) is 2. The fourth-order valence-electron chi connectivity index (χ4n) is 6.95. The Kier molecular flexibility index (Phi) is 10.7. The van der Waals surface area contributed by atoms with Gasteiger partial charge >= 0.3 is 0 Å². The van der Waals surface area contributed by atoms with Gasteiger partial charge in [-0.2, -0.15) is 0 Å². The van der Waals surface area contributed by atoms with Crippen molar-refractivity contribution in [2.75, 3.05) is 11.4 Å². The largest absolute Gasteiger partial charge is 0.381 e. The van der Waals surface area contributed by atoms with E-state index >= 15 is 0 Å². The van der Waals surface area contributed by atoms with Crippen LogP contribution in [-0.2, 0) is 6.42 Å². The average Bonchev–Trinajstić information content (AvgIpc) is 3.12. The van der Waals surface area contributed by atoms with Crippen molar-refractivity contribution < 1.29 is 0 Å². The van der Waals surface area contributed by atoms with Crippen molar-refractivity contribution in [1.29, 1.82) is 0 Å². The Bertz CT molecular complexity index is 1720. The minimum absolute atomic E-state index is 0.222. The normalized spacial score (nSPS) is 20.5. The van der Waals surface area contributed by atoms with Gasteiger partial charge in [-0.25, -0.2) is 0 Å². The molecule has 0 aromatic heterocycles. The van der Waals surface area contributed by atoms with Crippen LogP contribution in [0.5, 0.6) is 0 Å². The van der Waals surface area contributed by atoms with Crippen LogP contribution in [-0.4, -0.2) is 23.5 Å². The molecule has 6 rings (SSSR count). The zero-order valence-corrected chi connectivity index (χ0v) is 28.2. The topological polar surface area (TPSA) is 18.5 Å². The van der Waals surface area contributed by atoms with E-state index in [-0.39, 0.29) is 12.0 Å². The Morgan fingerprint density at radius 2 is 1.70 bits per heavy atom. The second-order valence-electron chi connectivity index (χ2n) is 12.9. The number of rotatable bonds is 12. The highest BCUT2D eigenvalue weighted by Crippen LogP contribution is 2.36. The first-order valence-corrected chi connectivity index (χ1v) is 17.4. The van der Waals surface area contributed by atoms with E-state index in [1.807, 2.05) is 0 Å². The summed E-state index contributed by atoms with van der Waals surface area (Å²) in [5.74, 6) is 0.252. The third-order valence-corrected chi connectivity index (χ3v) is 9.54. The number of hydrogen-bond donors (Lipinski definition) is 1. The number of aryl methyl sites for hydroxylation is 1. The molecule has 3 aromatic rings. The van der Waals surface area contributed by atoms with Crippen LogP contribution in [0.15, 0.2) is 163 Å². The van der Waals surface area contributed by atoms with Crippen molar-refractivity contribution in [3.63, 3.8) is 0 Å². The average molecular weight is 620 g/mol. The third-order valence-electron chi connectivity index (χ3n) is 9.54. The van der Waals surface area contributed by atoms with Crippen LogP contribution in [0.2, 0.25) is 0 Å². The smallest absolute Gasteiger partial charge is 0.0547 e. The van der Waals surface area contributed by atoms with E-state index in [9.17, 15) is 0 Å². The van der Waals surface area contributed by atoms with Gasteiger partial charge in [0.05, 0.1) is 12.1 Å². The van der Waals surface area contributed by atoms with Gasteiger partial charge in [-0.15, -0.1) is 0 Å². The summed E-state index contributed by atoms with van der Waals surface area (Å²) in [6, 6.07) is 29.2. The highest BCUT2D eigenvalue weighted by molar-refractivity contribution is 5.71. The molecule has 0 amide bonds. The van der Waals surface area contributed by atoms with Crippen molar-refractivity contribution in [2.45, 2.75) is 70.9 Å². The molecule has 240 valence electrons. The second kappa shape index (κ2) is 15.7. The molecule has 3 aliphatic carbocycles. The fourth-order valence-corrected chi connectivity index (χ4v) is 6.95. The molecule has 3 unspecified atom stereocenters. The summed E-state index contributed by atoms with van der Waals surface area (Å²) in [4.78, 5) is 5.00. The van der Waals surface area contributed by atoms with Gasteiger partial charge in [-0.3, -0.25) is 0 Å². The molecule has 0 saturated carbocycles. The lowest BCUT2D eigenvalue weighted by Crippen LogP contribution is -2.34. The predicted molar refractivity (Wildman–Crippen MR) is 201 cm³/mol. The van der Waals surface area contributed by atoms with Gasteiger partial charge in [0.15, 0.2) is 0 Å². The van der Waals surface area contributed by atoms with E-state index in [1.165, 1.54) is 45.2 Å². The van der Waals surface area contributed by atoms with Crippen LogP contribution in [0.3, 0.4) is 0 Å². The molecule has 1 N–H and O–H groups in total. The zero-order chi connectivity index (χ0) is 32.4. The van der Waals surface area contributed by atoms with Crippen molar-refractivity contribution in [3.8, 4) is 0 Å². The summed E-state index contributed by atoms with van der Waals surface area (Å²) in [5, 5.41) is 3.83. The van der Waals surface area contributed by atoms with E-state index in [4.69, 9.17) is 0 Å². The summed E-state index contributed by atoms with van der Waals surface area (Å²) in [6.07, 6.45) is 30.4. The van der Waals surface area contributed by atoms with Crippen LogP contribution in [0.25, 0.3) is 0 Å². The summed E-state index contributed by atoms with van der Waals surface area (Å²) in [7, 11) is 0. The SMILES string of the molecule is CCCN(/C(C)=C/Cc1ccccc1C)C1C=CC(N(c2ccccc2)c2cccc(C3C=CC=CC3NC3=CC=CCC3)c2)=CC1. The lowest BCUT2D eigenvalue weighted by atomic mass is 9.87. The molecule has 0 heterocycles. The maximum Gasteiger partial charge on any atom is 0.0547 e. The maximum atomic E-state index is 3.83. The first kappa shape index (κ1) is 32.2. The van der Waals surface area contributed by atoms with Crippen LogP contribution >= 0.6 is 0 Å². The Morgan fingerprint density at radius 3 is 2.47 bits per heavy atom. The van der Waals surface area contributed by atoms with E-state index in [2.05, 4.69) is 182 Å². The molecule has 47 heavy (non-hydrogen) atoms. The first-order chi connectivity index (χ1) is 23.1. The van der Waals surface area contributed by atoms with Crippen LogP contribution < -0.4 is 10.2 Å². The number of hydrogen-bond acceptors (Lipinski definition) is 3. The van der Waals surface area contributed by atoms with Gasteiger partial charge in [0.2, 0.25) is 0 Å². The molecule has 0 aliphatic heterocycles. The minimum atomic E-state index is 0.222. The van der Waals surface area contributed by atoms with Crippen LogP contribution in [0, 0.1) is 6.92 Å². The summed E-state index contributed by atoms with van der Waals surface area (Å²) in [6.45, 7) is 7.81. The standard InChI is InChI=1S/C44H49N3/c1-4-32-46(35(3)26-27-36-17-12-11-16-34(36)2)39-28-30-41(31-29-39)47(40-21-9-6-10-22-40)42-23-15-18-37(33-42)43-24-13-14-25-44(43)45-38-19-7-5-8-20-38/h5-7,9-19,21-26,28,30-31,33,39,43-45H,4,8,20,27,29,32H2,1-3H3/b35-26+. The molecular weight excluding hydrogens is 571 g/mol. The van der Waals surface area contributed by atoms with Gasteiger partial charge in [-0.1, -0.05) is 116 Å². The lowest BCUT2D eigenvalue weighted by Gasteiger charge is -2.35. The molecular formula is C44H49N3. The molecule has 0 spiro atoms. The number of anilines is 2. The van der Waals surface area contributed by atoms with Gasteiger partial charge in [-0.05, 0) is 99.1 Å². The van der Waals surface area contributed by atoms with Gasteiger partial charge in [0.1, 0.15) is 0 Å². The zero-order valence-electron chi connectivity index (χ0n) is 28.2. The van der Waals surface area contributed by atoms with Crippen molar-refractivity contribution >= 4 is 11.4 Å². The minimum Gasteiger partial charge on any atom is -0.381 e. The number of allylic oxidation sites excluding steroid dienone is 9. The number of benzene rings is 3. The molecule has 3 atom stereocenters. The maximum absolute atomic E-state index is 3.83. The van der Waals surface area contributed by atoms with Crippen molar-refractivity contribution in [1.82, 2.24) is 10.2 Å². The Hall–Kier alpha value is -4.76. The monoisotopic (exact) mass is 619 g/mol. The van der Waals surface area contributed by atoms with Crippen LogP contribution in [0.4, 0.5) is 11.4 Å². The summed E-state index contributed by atoms with van der Waals surface area (Å²) in [5.41, 5.74) is 10.3. The second-order valence-corrected chi connectivity index (χ2v) is 12.9. The van der Waals surface area contributed by atoms with E-state index in [0.29, 0.717) is 6.04 Å². The van der Waals surface area contributed by atoms with Gasteiger partial charge < -0.3 is 15.1 Å². The van der Waals surface area contributed by atoms with Crippen molar-refractivity contribution in [3.05, 3.63) is 179 Å². The molecule has 3 nitrogen and oxygen atoms in total. The number of para-hydroxylation sites is 1. The lowest BCUT2D eigenvalue weighted by molar-refractivity contribution is 0.291. The Labute approximate surface area is 282 Å². The van der Waals surface area contributed by atoms with E-state index < -0.39 is 0 Å². The predicted octanol–water partition coefficient (Wildman–Crippen LogP) is 10.6. The Morgan fingerprint density at radius 1 is 0.894 bits per heavy atom. The van der Waals surface area contributed by atoms with E-state index in [0.717, 1.165) is 38.6 Å². The quantitative estimate of drug-likeness (QED) is 0.218. The molecule has 0 bridgehead atoms. The fraction of sp³-hybridized carbons (Fsp3) is 0.273. The summed E-state index contributed by atoms with van der Waals surface area (Å²) < 4.78 is 0. The third kappa shape index (κ3) is 7.97. The van der Waals surface area contributed by atoms with Gasteiger partial charge in [0, 0.05) is 40.9 Å². The molecule has 0 saturated heterocycles. The highest BCUT2D eigenvalue weighted by atomic mass is 15.2. The molecule has 3 aliphatic rings. The number of nitrogens with one attached hydrogen (secondary N) is 1. The molecule has 3 heteroatoms. The van der Waals surface area contributed by atoms with E-state index in [1.54, 1.807) is 0 Å². The van der Waals surface area contributed by atoms with Gasteiger partial charge in [0.25, 0.3) is 0 Å². The molecule has 0 fully saturated rings. The van der Waals surface area contributed by atoms with Crippen molar-refractivity contribution in [2.24, 2.45) is 0 Å².